The highest BCUT2D eigenvalue weighted by Crippen LogP contribution is 2.13. The van der Waals surface area contributed by atoms with Crippen LogP contribution in [0.2, 0.25) is 0 Å². The molecule has 0 bridgehead atoms. The molecule has 1 aromatic rings. The number of halogens is 3. The van der Waals surface area contributed by atoms with E-state index in [4.69, 9.17) is 5.73 Å². The first kappa shape index (κ1) is 12.0. The van der Waals surface area contributed by atoms with Gasteiger partial charge in [-0.2, -0.15) is 0 Å². The van der Waals surface area contributed by atoms with E-state index in [0.717, 1.165) is 0 Å². The maximum atomic E-state index is 12.6. The standard InChI is InChI=1S/C7H6F3N.C2H6/c8-4-1-6(9)5(3-11)7(10)2-4;1-2/h1-2H,3,11H2;1-2H3. The third kappa shape index (κ3) is 3.06. The van der Waals surface area contributed by atoms with Crippen LogP contribution < -0.4 is 5.73 Å². The molecule has 0 fully saturated rings. The minimum absolute atomic E-state index is 0.266. The zero-order valence-corrected chi connectivity index (χ0v) is 7.57. The van der Waals surface area contributed by atoms with Crippen molar-refractivity contribution in [2.45, 2.75) is 20.4 Å². The summed E-state index contributed by atoms with van der Waals surface area (Å²) < 4.78 is 37.3. The van der Waals surface area contributed by atoms with E-state index in [1.807, 2.05) is 13.8 Å². The van der Waals surface area contributed by atoms with Crippen molar-refractivity contribution >= 4 is 0 Å². The van der Waals surface area contributed by atoms with Gasteiger partial charge in [0.25, 0.3) is 0 Å². The molecule has 0 unspecified atom stereocenters. The van der Waals surface area contributed by atoms with Crippen LogP contribution in [-0.2, 0) is 6.54 Å². The first-order valence-electron chi connectivity index (χ1n) is 3.98. The first-order valence-corrected chi connectivity index (χ1v) is 3.98. The van der Waals surface area contributed by atoms with Crippen molar-refractivity contribution in [2.75, 3.05) is 0 Å². The first-order chi connectivity index (χ1) is 6.15. The molecule has 0 aliphatic carbocycles. The second kappa shape index (κ2) is 5.59. The molecule has 0 heterocycles. The largest absolute Gasteiger partial charge is 0.326 e. The minimum Gasteiger partial charge on any atom is -0.326 e. The molecule has 0 saturated heterocycles. The van der Waals surface area contributed by atoms with Crippen molar-refractivity contribution in [3.8, 4) is 0 Å². The summed E-state index contributed by atoms with van der Waals surface area (Å²) in [6, 6.07) is 1.20. The van der Waals surface area contributed by atoms with Gasteiger partial charge >= 0.3 is 0 Å². The van der Waals surface area contributed by atoms with E-state index in [1.54, 1.807) is 0 Å². The van der Waals surface area contributed by atoms with E-state index in [-0.39, 0.29) is 12.1 Å². The molecule has 0 radical (unpaired) electrons. The van der Waals surface area contributed by atoms with Crippen LogP contribution >= 0.6 is 0 Å². The van der Waals surface area contributed by atoms with Gasteiger partial charge in [-0.25, -0.2) is 13.2 Å². The molecule has 0 aromatic heterocycles. The third-order valence-corrected chi connectivity index (χ3v) is 1.31. The molecule has 1 rings (SSSR count). The van der Waals surface area contributed by atoms with Gasteiger partial charge in [0.15, 0.2) is 0 Å². The Morgan fingerprint density at radius 1 is 1.08 bits per heavy atom. The number of rotatable bonds is 1. The Morgan fingerprint density at radius 2 is 1.46 bits per heavy atom. The smallest absolute Gasteiger partial charge is 0.133 e. The predicted octanol–water partition coefficient (Wildman–Crippen LogP) is 2.59. The van der Waals surface area contributed by atoms with E-state index < -0.39 is 17.5 Å². The topological polar surface area (TPSA) is 26.0 Å². The number of nitrogens with two attached hydrogens (primary N) is 1. The normalized spacial score (nSPS) is 9.08. The molecular weight excluding hydrogens is 179 g/mol. The lowest BCUT2D eigenvalue weighted by atomic mass is 10.2. The van der Waals surface area contributed by atoms with Crippen molar-refractivity contribution in [3.63, 3.8) is 0 Å². The summed E-state index contributed by atoms with van der Waals surface area (Å²) in [5, 5.41) is 0. The highest BCUT2D eigenvalue weighted by Gasteiger charge is 2.08. The molecule has 1 aromatic carbocycles. The van der Waals surface area contributed by atoms with Crippen molar-refractivity contribution in [1.29, 1.82) is 0 Å². The molecule has 0 spiro atoms. The molecule has 0 atom stereocenters. The monoisotopic (exact) mass is 191 g/mol. The predicted molar refractivity (Wildman–Crippen MR) is 45.6 cm³/mol. The summed E-state index contributed by atoms with van der Waals surface area (Å²) in [7, 11) is 0. The van der Waals surface area contributed by atoms with Gasteiger partial charge in [-0.15, -0.1) is 0 Å². The van der Waals surface area contributed by atoms with E-state index in [0.29, 0.717) is 12.1 Å². The minimum atomic E-state index is -0.940. The van der Waals surface area contributed by atoms with Crippen LogP contribution in [0.3, 0.4) is 0 Å². The van der Waals surface area contributed by atoms with Crippen LogP contribution in [0.1, 0.15) is 19.4 Å². The number of hydrogen-bond acceptors (Lipinski definition) is 1. The molecule has 0 aliphatic rings. The zero-order valence-electron chi connectivity index (χ0n) is 7.57. The summed E-state index contributed by atoms with van der Waals surface area (Å²) in [6.07, 6.45) is 0. The van der Waals surface area contributed by atoms with E-state index in [1.165, 1.54) is 0 Å². The van der Waals surface area contributed by atoms with Crippen LogP contribution in [0.4, 0.5) is 13.2 Å². The van der Waals surface area contributed by atoms with Crippen molar-refractivity contribution in [3.05, 3.63) is 35.1 Å². The second-order valence-electron chi connectivity index (χ2n) is 2.05. The van der Waals surface area contributed by atoms with Crippen LogP contribution in [0.25, 0.3) is 0 Å². The molecule has 74 valence electrons. The molecule has 2 N–H and O–H groups in total. The summed E-state index contributed by atoms with van der Waals surface area (Å²) >= 11 is 0. The molecular formula is C9H12F3N. The molecule has 0 saturated carbocycles. The summed E-state index contributed by atoms with van der Waals surface area (Å²) in [5.74, 6) is -2.81. The highest BCUT2D eigenvalue weighted by atomic mass is 19.1. The van der Waals surface area contributed by atoms with Gasteiger partial charge in [0.2, 0.25) is 0 Å². The molecule has 4 heteroatoms. The zero-order chi connectivity index (χ0) is 10.4. The van der Waals surface area contributed by atoms with Crippen molar-refractivity contribution in [1.82, 2.24) is 0 Å². The Balaban J connectivity index is 0.000000671. The van der Waals surface area contributed by atoms with Gasteiger partial charge in [-0.1, -0.05) is 13.8 Å². The van der Waals surface area contributed by atoms with Crippen molar-refractivity contribution in [2.24, 2.45) is 5.73 Å². The fourth-order valence-electron chi connectivity index (χ4n) is 0.767. The van der Waals surface area contributed by atoms with Gasteiger partial charge < -0.3 is 5.73 Å². The average Bonchev–Trinajstić information content (AvgIpc) is 2.07. The lowest BCUT2D eigenvalue weighted by Crippen LogP contribution is -2.03. The molecule has 1 nitrogen and oxygen atoms in total. The van der Waals surface area contributed by atoms with Crippen LogP contribution in [0.15, 0.2) is 12.1 Å². The Bertz CT molecular complexity index is 251. The van der Waals surface area contributed by atoms with E-state index >= 15 is 0 Å². The lowest BCUT2D eigenvalue weighted by molar-refractivity contribution is 0.524. The van der Waals surface area contributed by atoms with Gasteiger partial charge in [-0.3, -0.25) is 0 Å². The maximum absolute atomic E-state index is 12.6. The van der Waals surface area contributed by atoms with Gasteiger partial charge in [-0.05, 0) is 0 Å². The molecule has 0 amide bonds. The fourth-order valence-corrected chi connectivity index (χ4v) is 0.767. The third-order valence-electron chi connectivity index (χ3n) is 1.31. The SMILES string of the molecule is CC.NCc1c(F)cc(F)cc1F. The van der Waals surface area contributed by atoms with E-state index in [2.05, 4.69) is 0 Å². The summed E-state index contributed by atoms with van der Waals surface area (Å²) in [6.45, 7) is 3.73. The Kier molecular flexibility index (Phi) is 5.14. The van der Waals surface area contributed by atoms with Crippen LogP contribution in [0.5, 0.6) is 0 Å². The highest BCUT2D eigenvalue weighted by molar-refractivity contribution is 5.20. The van der Waals surface area contributed by atoms with Crippen LogP contribution in [-0.4, -0.2) is 0 Å². The quantitative estimate of drug-likeness (QED) is 0.725. The summed E-state index contributed by atoms with van der Waals surface area (Å²) in [5.41, 5.74) is 4.71. The Morgan fingerprint density at radius 3 is 1.77 bits per heavy atom. The van der Waals surface area contributed by atoms with Gasteiger partial charge in [0.05, 0.1) is 0 Å². The van der Waals surface area contributed by atoms with Gasteiger partial charge in [0, 0.05) is 24.2 Å². The van der Waals surface area contributed by atoms with Crippen molar-refractivity contribution < 1.29 is 13.2 Å². The molecule has 0 aliphatic heterocycles. The fraction of sp³-hybridized carbons (Fsp3) is 0.333. The summed E-state index contributed by atoms with van der Waals surface area (Å²) in [4.78, 5) is 0. The second-order valence-corrected chi connectivity index (χ2v) is 2.05. The maximum Gasteiger partial charge on any atom is 0.133 e. The molecule has 13 heavy (non-hydrogen) atoms. The van der Waals surface area contributed by atoms with Gasteiger partial charge in [0.1, 0.15) is 17.5 Å². The van der Waals surface area contributed by atoms with E-state index in [9.17, 15) is 13.2 Å². The Hall–Kier alpha value is -1.03. The number of hydrogen-bond donors (Lipinski definition) is 1. The lowest BCUT2D eigenvalue weighted by Gasteiger charge is -2.00. The average molecular weight is 191 g/mol. The Labute approximate surface area is 75.4 Å². The van der Waals surface area contributed by atoms with Crippen LogP contribution in [0, 0.1) is 17.5 Å². The number of benzene rings is 1.